The summed E-state index contributed by atoms with van der Waals surface area (Å²) in [6, 6.07) is 12.9. The van der Waals surface area contributed by atoms with Gasteiger partial charge < -0.3 is 15.0 Å². The van der Waals surface area contributed by atoms with Crippen molar-refractivity contribution in [3.8, 4) is 0 Å². The normalized spacial score (nSPS) is 14.7. The van der Waals surface area contributed by atoms with Gasteiger partial charge in [0.25, 0.3) is 5.91 Å². The predicted molar refractivity (Wildman–Crippen MR) is 92.6 cm³/mol. The summed E-state index contributed by atoms with van der Waals surface area (Å²) in [6.07, 6.45) is 3.70. The minimum atomic E-state index is -0.427. The van der Waals surface area contributed by atoms with Crippen LogP contribution in [0, 0.1) is 0 Å². The van der Waals surface area contributed by atoms with E-state index >= 15 is 0 Å². The standard InChI is InChI=1S/C19H14N2O3/c1-24-19(23)11-6-7-17-14(8-11)15(18(22)21-17)9-12-10-20-16-5-3-2-4-13(12)16/h2-10,20H,1H3,(H,21,22). The molecule has 1 aliphatic rings. The molecule has 24 heavy (non-hydrogen) atoms. The Bertz CT molecular complexity index is 1010. The summed E-state index contributed by atoms with van der Waals surface area (Å²) in [4.78, 5) is 27.3. The molecule has 0 saturated carbocycles. The van der Waals surface area contributed by atoms with E-state index in [4.69, 9.17) is 4.74 Å². The third-order valence-electron chi connectivity index (χ3n) is 4.14. The SMILES string of the molecule is COC(=O)c1ccc2c(c1)C(=Cc1c[nH]c3ccccc13)C(=O)N2. The lowest BCUT2D eigenvalue weighted by Crippen LogP contribution is -2.03. The topological polar surface area (TPSA) is 71.2 Å². The number of carbonyl (C=O) groups excluding carboxylic acids is 2. The summed E-state index contributed by atoms with van der Waals surface area (Å²) in [5.41, 5.74) is 4.27. The lowest BCUT2D eigenvalue weighted by Gasteiger charge is -2.03. The summed E-state index contributed by atoms with van der Waals surface area (Å²) >= 11 is 0. The highest BCUT2D eigenvalue weighted by Crippen LogP contribution is 2.35. The van der Waals surface area contributed by atoms with Crippen molar-refractivity contribution in [1.82, 2.24) is 4.98 Å². The number of amides is 1. The zero-order valence-electron chi connectivity index (χ0n) is 12.9. The van der Waals surface area contributed by atoms with Crippen LogP contribution in [-0.4, -0.2) is 24.0 Å². The zero-order valence-corrected chi connectivity index (χ0v) is 12.9. The maximum Gasteiger partial charge on any atom is 0.337 e. The van der Waals surface area contributed by atoms with Gasteiger partial charge in [0.05, 0.1) is 12.7 Å². The molecule has 2 heterocycles. The molecule has 5 heteroatoms. The Balaban J connectivity index is 1.85. The van der Waals surface area contributed by atoms with Crippen molar-refractivity contribution >= 4 is 40.1 Å². The van der Waals surface area contributed by atoms with Gasteiger partial charge in [-0.3, -0.25) is 4.79 Å². The first kappa shape index (κ1) is 14.3. The van der Waals surface area contributed by atoms with Gasteiger partial charge in [0.2, 0.25) is 0 Å². The van der Waals surface area contributed by atoms with E-state index in [1.54, 1.807) is 18.2 Å². The number of H-pyrrole nitrogens is 1. The Labute approximate surface area is 137 Å². The number of hydrogen-bond donors (Lipinski definition) is 2. The molecule has 1 aromatic heterocycles. The van der Waals surface area contributed by atoms with Crippen molar-refractivity contribution in [1.29, 1.82) is 0 Å². The van der Waals surface area contributed by atoms with E-state index in [0.29, 0.717) is 22.4 Å². The van der Waals surface area contributed by atoms with Gasteiger partial charge in [-0.1, -0.05) is 18.2 Å². The molecule has 5 nitrogen and oxygen atoms in total. The summed E-state index contributed by atoms with van der Waals surface area (Å²) < 4.78 is 4.75. The molecule has 0 aliphatic carbocycles. The van der Waals surface area contributed by atoms with Gasteiger partial charge in [-0.05, 0) is 30.3 Å². The van der Waals surface area contributed by atoms with E-state index < -0.39 is 5.97 Å². The van der Waals surface area contributed by atoms with Crippen molar-refractivity contribution < 1.29 is 14.3 Å². The van der Waals surface area contributed by atoms with Gasteiger partial charge in [0, 0.05) is 39.5 Å². The van der Waals surface area contributed by atoms with Crippen LogP contribution >= 0.6 is 0 Å². The number of methoxy groups -OCH3 is 1. The second-order valence-electron chi connectivity index (χ2n) is 5.55. The summed E-state index contributed by atoms with van der Waals surface area (Å²) in [6.45, 7) is 0. The number of fused-ring (bicyclic) bond motifs is 2. The molecular formula is C19H14N2O3. The minimum Gasteiger partial charge on any atom is -0.465 e. The van der Waals surface area contributed by atoms with Crippen LogP contribution in [0.3, 0.4) is 0 Å². The average Bonchev–Trinajstić information content (AvgIpc) is 3.16. The highest BCUT2D eigenvalue weighted by atomic mass is 16.5. The molecule has 0 atom stereocenters. The van der Waals surface area contributed by atoms with Crippen LogP contribution in [0.15, 0.2) is 48.7 Å². The number of benzene rings is 2. The summed E-state index contributed by atoms with van der Waals surface area (Å²) in [7, 11) is 1.33. The molecule has 1 amide bonds. The number of aromatic amines is 1. The van der Waals surface area contributed by atoms with Gasteiger partial charge in [-0.2, -0.15) is 0 Å². The molecule has 0 radical (unpaired) electrons. The van der Waals surface area contributed by atoms with E-state index in [1.807, 2.05) is 36.5 Å². The maximum atomic E-state index is 12.3. The van der Waals surface area contributed by atoms with Crippen LogP contribution in [-0.2, 0) is 9.53 Å². The molecular weight excluding hydrogens is 304 g/mol. The van der Waals surface area contributed by atoms with E-state index in [1.165, 1.54) is 7.11 Å². The highest BCUT2D eigenvalue weighted by Gasteiger charge is 2.25. The lowest BCUT2D eigenvalue weighted by atomic mass is 10.0. The zero-order chi connectivity index (χ0) is 16.7. The van der Waals surface area contributed by atoms with Crippen LogP contribution in [0.5, 0.6) is 0 Å². The molecule has 3 aromatic rings. The second-order valence-corrected chi connectivity index (χ2v) is 5.55. The van der Waals surface area contributed by atoms with E-state index in [2.05, 4.69) is 10.3 Å². The molecule has 0 spiro atoms. The average molecular weight is 318 g/mol. The van der Waals surface area contributed by atoms with Crippen molar-refractivity contribution in [3.05, 3.63) is 65.4 Å². The van der Waals surface area contributed by atoms with E-state index in [9.17, 15) is 9.59 Å². The van der Waals surface area contributed by atoms with Crippen molar-refractivity contribution in [2.45, 2.75) is 0 Å². The van der Waals surface area contributed by atoms with Crippen molar-refractivity contribution in [3.63, 3.8) is 0 Å². The van der Waals surface area contributed by atoms with Gasteiger partial charge in [0.1, 0.15) is 0 Å². The summed E-state index contributed by atoms with van der Waals surface area (Å²) in [5.74, 6) is -0.610. The molecule has 4 rings (SSSR count). The molecule has 0 bridgehead atoms. The third kappa shape index (κ3) is 2.18. The van der Waals surface area contributed by atoms with Crippen LogP contribution in [0.4, 0.5) is 5.69 Å². The van der Waals surface area contributed by atoms with E-state index in [0.717, 1.165) is 16.5 Å². The number of esters is 1. The molecule has 2 aromatic carbocycles. The number of anilines is 1. The predicted octanol–water partition coefficient (Wildman–Crippen LogP) is 3.45. The lowest BCUT2D eigenvalue weighted by molar-refractivity contribution is -0.110. The fourth-order valence-electron chi connectivity index (χ4n) is 2.95. The largest absolute Gasteiger partial charge is 0.465 e. The van der Waals surface area contributed by atoms with Gasteiger partial charge in [0.15, 0.2) is 0 Å². The number of rotatable bonds is 2. The number of aromatic nitrogens is 1. The van der Waals surface area contributed by atoms with Gasteiger partial charge >= 0.3 is 5.97 Å². The van der Waals surface area contributed by atoms with Crippen LogP contribution in [0.1, 0.15) is 21.5 Å². The number of hydrogen-bond acceptors (Lipinski definition) is 3. The first-order valence-corrected chi connectivity index (χ1v) is 7.49. The van der Waals surface area contributed by atoms with Gasteiger partial charge in [-0.25, -0.2) is 4.79 Å². The number of para-hydroxylation sites is 1. The molecule has 1 aliphatic heterocycles. The minimum absolute atomic E-state index is 0.183. The third-order valence-corrected chi connectivity index (χ3v) is 4.14. The molecule has 0 fully saturated rings. The van der Waals surface area contributed by atoms with Crippen molar-refractivity contribution in [2.24, 2.45) is 0 Å². The fraction of sp³-hybridized carbons (Fsp3) is 0.0526. The maximum absolute atomic E-state index is 12.3. The first-order chi connectivity index (χ1) is 11.7. The Hall–Kier alpha value is -3.34. The number of nitrogens with one attached hydrogen (secondary N) is 2. The Kier molecular flexibility index (Phi) is 3.20. The quantitative estimate of drug-likeness (QED) is 0.561. The van der Waals surface area contributed by atoms with Crippen molar-refractivity contribution in [2.75, 3.05) is 12.4 Å². The molecule has 0 unspecified atom stereocenters. The van der Waals surface area contributed by atoms with E-state index in [-0.39, 0.29) is 5.91 Å². The monoisotopic (exact) mass is 318 g/mol. The highest BCUT2D eigenvalue weighted by molar-refractivity contribution is 6.35. The van der Waals surface area contributed by atoms with Gasteiger partial charge in [-0.15, -0.1) is 0 Å². The Morgan fingerprint density at radius 2 is 2.00 bits per heavy atom. The van der Waals surface area contributed by atoms with Crippen LogP contribution < -0.4 is 5.32 Å². The molecule has 0 saturated heterocycles. The summed E-state index contributed by atoms with van der Waals surface area (Å²) in [5, 5.41) is 3.86. The number of ether oxygens (including phenoxy) is 1. The number of carbonyl (C=O) groups is 2. The van der Waals surface area contributed by atoms with Crippen LogP contribution in [0.2, 0.25) is 0 Å². The Morgan fingerprint density at radius 1 is 1.17 bits per heavy atom. The molecule has 118 valence electrons. The fourth-order valence-corrected chi connectivity index (χ4v) is 2.95. The first-order valence-electron chi connectivity index (χ1n) is 7.49. The molecule has 2 N–H and O–H groups in total. The smallest absolute Gasteiger partial charge is 0.337 e. The van der Waals surface area contributed by atoms with Crippen LogP contribution in [0.25, 0.3) is 22.6 Å². The Morgan fingerprint density at radius 3 is 2.83 bits per heavy atom. The second kappa shape index (κ2) is 5.38.